The van der Waals surface area contributed by atoms with Crippen LogP contribution in [0.1, 0.15) is 11.3 Å². The Kier molecular flexibility index (Phi) is 2.23. The van der Waals surface area contributed by atoms with Crippen molar-refractivity contribution in [3.63, 3.8) is 0 Å². The fraction of sp³-hybridized carbons (Fsp3) is 0.250. The van der Waals surface area contributed by atoms with Gasteiger partial charge in [0.15, 0.2) is 0 Å². The smallest absolute Gasteiger partial charge is 0.0814 e. The zero-order chi connectivity index (χ0) is 11.1. The minimum absolute atomic E-state index is 0.778. The maximum absolute atomic E-state index is 6.23. The summed E-state index contributed by atoms with van der Waals surface area (Å²) in [5.74, 6) is 0. The molecule has 0 spiro atoms. The molecule has 1 aromatic carbocycles. The summed E-state index contributed by atoms with van der Waals surface area (Å²) in [5.41, 5.74) is 4.60. The largest absolute Gasteiger partial charge is 0.307 e. The first-order valence-electron chi connectivity index (χ1n) is 5.27. The van der Waals surface area contributed by atoms with E-state index >= 15 is 0 Å². The van der Waals surface area contributed by atoms with Crippen molar-refractivity contribution in [2.45, 2.75) is 13.1 Å². The monoisotopic (exact) mass is 233 g/mol. The normalized spacial score (nSPS) is 14.1. The molecule has 2 heterocycles. The van der Waals surface area contributed by atoms with Gasteiger partial charge in [0, 0.05) is 36.3 Å². The van der Waals surface area contributed by atoms with Crippen molar-refractivity contribution in [1.82, 2.24) is 15.1 Å². The van der Waals surface area contributed by atoms with E-state index in [1.165, 1.54) is 5.56 Å². The first kappa shape index (κ1) is 9.87. The molecule has 0 saturated carbocycles. The molecule has 0 amide bonds. The van der Waals surface area contributed by atoms with Crippen LogP contribution >= 0.6 is 11.6 Å². The Balaban J connectivity index is 2.24. The van der Waals surface area contributed by atoms with E-state index in [1.807, 2.05) is 36.0 Å². The van der Waals surface area contributed by atoms with E-state index in [1.54, 1.807) is 0 Å². The van der Waals surface area contributed by atoms with Crippen LogP contribution in [0, 0.1) is 0 Å². The van der Waals surface area contributed by atoms with Crippen LogP contribution in [0.15, 0.2) is 24.3 Å². The van der Waals surface area contributed by atoms with E-state index in [-0.39, 0.29) is 0 Å². The van der Waals surface area contributed by atoms with Crippen molar-refractivity contribution < 1.29 is 0 Å². The van der Waals surface area contributed by atoms with Crippen molar-refractivity contribution >= 4 is 11.6 Å². The molecule has 1 N–H and O–H groups in total. The number of benzene rings is 1. The number of nitrogens with zero attached hydrogens (tertiary/aromatic N) is 2. The van der Waals surface area contributed by atoms with Gasteiger partial charge in [-0.3, -0.25) is 4.68 Å². The zero-order valence-corrected chi connectivity index (χ0v) is 9.75. The van der Waals surface area contributed by atoms with Crippen molar-refractivity contribution in [3.05, 3.63) is 40.5 Å². The van der Waals surface area contributed by atoms with Gasteiger partial charge in [0.05, 0.1) is 11.4 Å². The molecule has 1 aliphatic rings. The fourth-order valence-electron chi connectivity index (χ4n) is 2.25. The van der Waals surface area contributed by atoms with Gasteiger partial charge in [0.1, 0.15) is 0 Å². The van der Waals surface area contributed by atoms with Gasteiger partial charge in [-0.1, -0.05) is 29.8 Å². The molecule has 0 saturated heterocycles. The summed E-state index contributed by atoms with van der Waals surface area (Å²) in [7, 11) is 1.97. The summed E-state index contributed by atoms with van der Waals surface area (Å²) in [6.45, 7) is 1.73. The van der Waals surface area contributed by atoms with Crippen molar-refractivity contribution in [3.8, 4) is 11.3 Å². The molecular weight excluding hydrogens is 222 g/mol. The van der Waals surface area contributed by atoms with Gasteiger partial charge < -0.3 is 5.32 Å². The van der Waals surface area contributed by atoms with E-state index in [4.69, 9.17) is 11.6 Å². The van der Waals surface area contributed by atoms with Crippen molar-refractivity contribution in [1.29, 1.82) is 0 Å². The van der Waals surface area contributed by atoms with Gasteiger partial charge in [-0.2, -0.15) is 5.10 Å². The molecule has 4 heteroatoms. The number of rotatable bonds is 1. The predicted molar refractivity (Wildman–Crippen MR) is 64.2 cm³/mol. The molecule has 82 valence electrons. The third kappa shape index (κ3) is 1.36. The lowest BCUT2D eigenvalue weighted by atomic mass is 10.1. The number of halogens is 1. The van der Waals surface area contributed by atoms with Crippen LogP contribution in [-0.4, -0.2) is 9.78 Å². The molecule has 2 aromatic rings. The third-order valence-corrected chi connectivity index (χ3v) is 3.28. The molecule has 0 fully saturated rings. The van der Waals surface area contributed by atoms with Crippen LogP contribution in [0.4, 0.5) is 0 Å². The zero-order valence-electron chi connectivity index (χ0n) is 9.00. The standard InChI is InChI=1S/C12H12ClN3/c1-16-12(8-4-2-3-5-10(8)13)9-6-14-7-11(9)15-16/h2-5,14H,6-7H2,1H3. The van der Waals surface area contributed by atoms with Crippen molar-refractivity contribution in [2.75, 3.05) is 0 Å². The minimum Gasteiger partial charge on any atom is -0.307 e. The molecule has 0 bridgehead atoms. The molecule has 0 unspecified atom stereocenters. The lowest BCUT2D eigenvalue weighted by Crippen LogP contribution is -2.06. The first-order chi connectivity index (χ1) is 7.77. The Morgan fingerprint density at radius 3 is 2.94 bits per heavy atom. The molecule has 3 nitrogen and oxygen atoms in total. The van der Waals surface area contributed by atoms with Gasteiger partial charge in [0.2, 0.25) is 0 Å². The van der Waals surface area contributed by atoms with Gasteiger partial charge in [-0.25, -0.2) is 0 Å². The Bertz CT molecular complexity index is 545. The molecular formula is C12H12ClN3. The van der Waals surface area contributed by atoms with Crippen LogP contribution < -0.4 is 5.32 Å². The summed E-state index contributed by atoms with van der Waals surface area (Å²) in [6, 6.07) is 7.90. The van der Waals surface area contributed by atoms with Gasteiger partial charge in [0.25, 0.3) is 0 Å². The van der Waals surface area contributed by atoms with E-state index < -0.39 is 0 Å². The Morgan fingerprint density at radius 2 is 2.12 bits per heavy atom. The molecule has 0 radical (unpaired) electrons. The average molecular weight is 234 g/mol. The predicted octanol–water partition coefficient (Wildman–Crippen LogP) is 2.34. The average Bonchev–Trinajstić information content (AvgIpc) is 2.79. The maximum atomic E-state index is 6.23. The Morgan fingerprint density at radius 1 is 1.31 bits per heavy atom. The highest BCUT2D eigenvalue weighted by molar-refractivity contribution is 6.33. The number of hydrogen-bond donors (Lipinski definition) is 1. The number of fused-ring (bicyclic) bond motifs is 1. The van der Waals surface area contributed by atoms with Gasteiger partial charge >= 0.3 is 0 Å². The third-order valence-electron chi connectivity index (χ3n) is 2.95. The van der Waals surface area contributed by atoms with Crippen LogP contribution in [0.3, 0.4) is 0 Å². The van der Waals surface area contributed by atoms with E-state index in [0.29, 0.717) is 0 Å². The van der Waals surface area contributed by atoms with Gasteiger partial charge in [-0.05, 0) is 6.07 Å². The highest BCUT2D eigenvalue weighted by Gasteiger charge is 2.22. The SMILES string of the molecule is Cn1nc2c(c1-c1ccccc1Cl)CNC2. The topological polar surface area (TPSA) is 29.9 Å². The maximum Gasteiger partial charge on any atom is 0.0814 e. The van der Waals surface area contributed by atoms with Crippen LogP contribution in [0.2, 0.25) is 5.02 Å². The molecule has 16 heavy (non-hydrogen) atoms. The molecule has 0 atom stereocenters. The molecule has 1 aliphatic heterocycles. The Labute approximate surface area is 99.0 Å². The van der Waals surface area contributed by atoms with Crippen molar-refractivity contribution in [2.24, 2.45) is 7.05 Å². The second-order valence-electron chi connectivity index (χ2n) is 3.98. The van der Waals surface area contributed by atoms with Crippen LogP contribution in [-0.2, 0) is 20.1 Å². The van der Waals surface area contributed by atoms with Crippen LogP contribution in [0.25, 0.3) is 11.3 Å². The number of aryl methyl sites for hydroxylation is 1. The van der Waals surface area contributed by atoms with Crippen LogP contribution in [0.5, 0.6) is 0 Å². The van der Waals surface area contributed by atoms with Gasteiger partial charge in [-0.15, -0.1) is 0 Å². The summed E-state index contributed by atoms with van der Waals surface area (Å²) >= 11 is 6.23. The lowest BCUT2D eigenvalue weighted by Gasteiger charge is -2.07. The minimum atomic E-state index is 0.778. The summed E-state index contributed by atoms with van der Waals surface area (Å²) in [6.07, 6.45) is 0. The lowest BCUT2D eigenvalue weighted by molar-refractivity contribution is 0.693. The Hall–Kier alpha value is -1.32. The molecule has 1 aromatic heterocycles. The first-order valence-corrected chi connectivity index (χ1v) is 5.65. The second kappa shape index (κ2) is 3.61. The number of hydrogen-bond acceptors (Lipinski definition) is 2. The summed E-state index contributed by atoms with van der Waals surface area (Å²) in [4.78, 5) is 0. The van der Waals surface area contributed by atoms with E-state index in [0.717, 1.165) is 35.1 Å². The van der Waals surface area contributed by atoms with E-state index in [2.05, 4.69) is 10.4 Å². The van der Waals surface area contributed by atoms with E-state index in [9.17, 15) is 0 Å². The fourth-order valence-corrected chi connectivity index (χ4v) is 2.47. The quantitative estimate of drug-likeness (QED) is 0.820. The molecule has 0 aliphatic carbocycles. The summed E-state index contributed by atoms with van der Waals surface area (Å²) in [5, 5.41) is 8.59. The highest BCUT2D eigenvalue weighted by atomic mass is 35.5. The number of aromatic nitrogens is 2. The second-order valence-corrected chi connectivity index (χ2v) is 4.39. The summed E-state index contributed by atoms with van der Waals surface area (Å²) < 4.78 is 1.92. The number of nitrogens with one attached hydrogen (secondary N) is 1. The molecule has 3 rings (SSSR count). The highest BCUT2D eigenvalue weighted by Crippen LogP contribution is 2.33.